The normalized spacial score (nSPS) is 12.4. The smallest absolute Gasteiger partial charge is 0.259 e. The van der Waals surface area contributed by atoms with Crippen molar-refractivity contribution in [1.29, 1.82) is 0 Å². The summed E-state index contributed by atoms with van der Waals surface area (Å²) >= 11 is 0. The Hall–Kier alpha value is -3.02. The fourth-order valence-corrected chi connectivity index (χ4v) is 2.07. The number of amides is 1. The molecule has 3 rings (SSSR count). The molecule has 2 aromatic carbocycles. The Morgan fingerprint density at radius 2 is 1.96 bits per heavy atom. The number of anilines is 1. The van der Waals surface area contributed by atoms with Crippen molar-refractivity contribution in [3.8, 4) is 11.5 Å². The molecule has 1 aliphatic rings. The van der Waals surface area contributed by atoms with Crippen molar-refractivity contribution in [2.75, 3.05) is 18.7 Å². The van der Waals surface area contributed by atoms with Crippen LogP contribution in [0.25, 0.3) is 0 Å². The van der Waals surface area contributed by atoms with Crippen molar-refractivity contribution in [3.63, 3.8) is 0 Å². The average molecular weight is 311 g/mol. The van der Waals surface area contributed by atoms with Crippen molar-refractivity contribution < 1.29 is 14.3 Å². The molecule has 0 saturated carbocycles. The second-order valence-electron chi connectivity index (χ2n) is 5.13. The second kappa shape index (κ2) is 6.83. The first-order valence-electron chi connectivity index (χ1n) is 7.23. The molecule has 0 fully saturated rings. The molecule has 23 heavy (non-hydrogen) atoms. The van der Waals surface area contributed by atoms with Crippen LogP contribution in [0.15, 0.2) is 47.6 Å². The van der Waals surface area contributed by atoms with Gasteiger partial charge in [-0.1, -0.05) is 17.7 Å². The van der Waals surface area contributed by atoms with Crippen LogP contribution in [-0.2, 0) is 4.79 Å². The van der Waals surface area contributed by atoms with Gasteiger partial charge in [-0.25, -0.2) is 5.43 Å². The Balaban J connectivity index is 1.47. The van der Waals surface area contributed by atoms with E-state index in [-0.39, 0.29) is 19.2 Å². The maximum Gasteiger partial charge on any atom is 0.259 e. The lowest BCUT2D eigenvalue weighted by Crippen LogP contribution is -2.25. The molecule has 0 aliphatic carbocycles. The van der Waals surface area contributed by atoms with Crippen LogP contribution in [0, 0.1) is 6.92 Å². The van der Waals surface area contributed by atoms with E-state index in [0.29, 0.717) is 11.5 Å². The molecule has 0 atom stereocenters. The lowest BCUT2D eigenvalue weighted by Gasteiger charge is -2.05. The number of carbonyl (C=O) groups is 1. The van der Waals surface area contributed by atoms with Gasteiger partial charge in [-0.15, -0.1) is 0 Å². The minimum Gasteiger partial charge on any atom is -0.454 e. The molecule has 2 aromatic rings. The molecule has 0 spiro atoms. The van der Waals surface area contributed by atoms with Crippen molar-refractivity contribution >= 4 is 17.8 Å². The summed E-state index contributed by atoms with van der Waals surface area (Å²) in [6.45, 7) is 2.40. The third kappa shape index (κ3) is 4.00. The molecular weight excluding hydrogens is 294 g/mol. The highest BCUT2D eigenvalue weighted by atomic mass is 16.7. The van der Waals surface area contributed by atoms with E-state index in [0.717, 1.165) is 11.3 Å². The largest absolute Gasteiger partial charge is 0.454 e. The number of benzene rings is 2. The van der Waals surface area contributed by atoms with Gasteiger partial charge in [0.15, 0.2) is 11.5 Å². The summed E-state index contributed by atoms with van der Waals surface area (Å²) in [6.07, 6.45) is 1.56. The molecule has 0 unspecified atom stereocenters. The van der Waals surface area contributed by atoms with E-state index < -0.39 is 0 Å². The first-order valence-corrected chi connectivity index (χ1v) is 7.23. The first kappa shape index (κ1) is 14.9. The van der Waals surface area contributed by atoms with Gasteiger partial charge in [0.25, 0.3) is 5.91 Å². The SMILES string of the molecule is Cc1ccc(NCC(=O)NN=Cc2ccc3c(c2)OCO3)cc1. The number of ether oxygens (including phenoxy) is 2. The summed E-state index contributed by atoms with van der Waals surface area (Å²) in [5.74, 6) is 1.18. The quantitative estimate of drug-likeness (QED) is 0.656. The average Bonchev–Trinajstić information content (AvgIpc) is 3.02. The lowest BCUT2D eigenvalue weighted by molar-refractivity contribution is -0.119. The minimum atomic E-state index is -0.220. The van der Waals surface area contributed by atoms with E-state index in [1.54, 1.807) is 6.21 Å². The first-order chi connectivity index (χ1) is 11.2. The highest BCUT2D eigenvalue weighted by Gasteiger charge is 2.12. The van der Waals surface area contributed by atoms with Crippen LogP contribution in [-0.4, -0.2) is 25.5 Å². The van der Waals surface area contributed by atoms with Gasteiger partial charge < -0.3 is 14.8 Å². The van der Waals surface area contributed by atoms with Gasteiger partial charge in [0.1, 0.15) is 0 Å². The number of nitrogens with zero attached hydrogens (tertiary/aromatic N) is 1. The van der Waals surface area contributed by atoms with E-state index in [2.05, 4.69) is 15.8 Å². The van der Waals surface area contributed by atoms with Gasteiger partial charge in [-0.2, -0.15) is 5.10 Å². The van der Waals surface area contributed by atoms with Gasteiger partial charge in [0.05, 0.1) is 12.8 Å². The highest BCUT2D eigenvalue weighted by Crippen LogP contribution is 2.31. The molecule has 1 heterocycles. The Labute approximate surface area is 134 Å². The number of carbonyl (C=O) groups excluding carboxylic acids is 1. The molecule has 1 amide bonds. The summed E-state index contributed by atoms with van der Waals surface area (Å²) in [5.41, 5.74) is 5.37. The summed E-state index contributed by atoms with van der Waals surface area (Å²) in [4.78, 5) is 11.7. The maximum atomic E-state index is 11.7. The number of hydrazone groups is 1. The number of aryl methyl sites for hydroxylation is 1. The molecule has 0 radical (unpaired) electrons. The molecule has 2 N–H and O–H groups in total. The van der Waals surface area contributed by atoms with E-state index in [9.17, 15) is 4.79 Å². The topological polar surface area (TPSA) is 72.0 Å². The van der Waals surface area contributed by atoms with Crippen molar-refractivity contribution in [2.45, 2.75) is 6.92 Å². The van der Waals surface area contributed by atoms with E-state index in [1.807, 2.05) is 49.4 Å². The zero-order valence-corrected chi connectivity index (χ0v) is 12.7. The van der Waals surface area contributed by atoms with Crippen LogP contribution < -0.4 is 20.2 Å². The molecule has 118 valence electrons. The monoisotopic (exact) mass is 311 g/mol. The van der Waals surface area contributed by atoms with Crippen LogP contribution in [0.1, 0.15) is 11.1 Å². The lowest BCUT2D eigenvalue weighted by atomic mass is 10.2. The molecule has 0 bridgehead atoms. The number of nitrogens with one attached hydrogen (secondary N) is 2. The Bertz CT molecular complexity index is 726. The Morgan fingerprint density at radius 3 is 2.78 bits per heavy atom. The summed E-state index contributed by atoms with van der Waals surface area (Å²) < 4.78 is 10.5. The van der Waals surface area contributed by atoms with Gasteiger partial charge in [-0.3, -0.25) is 4.79 Å². The van der Waals surface area contributed by atoms with Crippen molar-refractivity contribution in [2.24, 2.45) is 5.10 Å². The zero-order chi connectivity index (χ0) is 16.1. The van der Waals surface area contributed by atoms with Crippen LogP contribution in [0.3, 0.4) is 0 Å². The van der Waals surface area contributed by atoms with Crippen LogP contribution >= 0.6 is 0 Å². The molecule has 1 aliphatic heterocycles. The molecule has 6 nitrogen and oxygen atoms in total. The summed E-state index contributed by atoms with van der Waals surface area (Å²) in [7, 11) is 0. The molecular formula is C17H17N3O3. The van der Waals surface area contributed by atoms with Crippen molar-refractivity contribution in [1.82, 2.24) is 5.43 Å². The van der Waals surface area contributed by atoms with Crippen LogP contribution in [0.5, 0.6) is 11.5 Å². The van der Waals surface area contributed by atoms with Crippen LogP contribution in [0.4, 0.5) is 5.69 Å². The second-order valence-corrected chi connectivity index (χ2v) is 5.13. The van der Waals surface area contributed by atoms with Crippen LogP contribution in [0.2, 0.25) is 0 Å². The van der Waals surface area contributed by atoms with Gasteiger partial charge in [0, 0.05) is 5.69 Å². The van der Waals surface area contributed by atoms with E-state index in [4.69, 9.17) is 9.47 Å². The van der Waals surface area contributed by atoms with Crippen molar-refractivity contribution in [3.05, 3.63) is 53.6 Å². The van der Waals surface area contributed by atoms with E-state index >= 15 is 0 Å². The standard InChI is InChI=1S/C17H17N3O3/c1-12-2-5-14(6-3-12)18-10-17(21)20-19-9-13-4-7-15-16(8-13)23-11-22-15/h2-9,18H,10-11H2,1H3,(H,20,21). The third-order valence-electron chi connectivity index (χ3n) is 3.30. The Kier molecular flexibility index (Phi) is 4.42. The third-order valence-corrected chi connectivity index (χ3v) is 3.30. The predicted octanol–water partition coefficient (Wildman–Crippen LogP) is 2.29. The molecule has 0 aromatic heterocycles. The number of rotatable bonds is 5. The maximum absolute atomic E-state index is 11.7. The van der Waals surface area contributed by atoms with Gasteiger partial charge >= 0.3 is 0 Å². The molecule has 6 heteroatoms. The van der Waals surface area contributed by atoms with E-state index in [1.165, 1.54) is 5.56 Å². The number of hydrogen-bond donors (Lipinski definition) is 2. The van der Waals surface area contributed by atoms with Gasteiger partial charge in [-0.05, 0) is 42.8 Å². The predicted molar refractivity (Wildman–Crippen MR) is 88.0 cm³/mol. The number of hydrogen-bond acceptors (Lipinski definition) is 5. The molecule has 0 saturated heterocycles. The highest BCUT2D eigenvalue weighted by molar-refractivity contribution is 5.84. The fraction of sp³-hybridized carbons (Fsp3) is 0.176. The van der Waals surface area contributed by atoms with Gasteiger partial charge in [0.2, 0.25) is 6.79 Å². The fourth-order valence-electron chi connectivity index (χ4n) is 2.07. The summed E-state index contributed by atoms with van der Waals surface area (Å²) in [5, 5.41) is 6.96. The minimum absolute atomic E-state index is 0.154. The zero-order valence-electron chi connectivity index (χ0n) is 12.7. The summed E-state index contributed by atoms with van der Waals surface area (Å²) in [6, 6.07) is 13.3. The Morgan fingerprint density at radius 1 is 1.17 bits per heavy atom. The number of fused-ring (bicyclic) bond motifs is 1.